The lowest BCUT2D eigenvalue weighted by molar-refractivity contribution is 0.221. The Bertz CT molecular complexity index is 454. The molecule has 1 aromatic carbocycles. The van der Waals surface area contributed by atoms with Gasteiger partial charge in [-0.05, 0) is 35.6 Å². The molecule has 3 nitrogen and oxygen atoms in total. The van der Waals surface area contributed by atoms with Crippen molar-refractivity contribution in [3.8, 4) is 5.75 Å². The van der Waals surface area contributed by atoms with Gasteiger partial charge in [0.05, 0.1) is 25.5 Å². The molecule has 1 unspecified atom stereocenters. The first-order valence-corrected chi connectivity index (χ1v) is 6.16. The predicted octanol–water partition coefficient (Wildman–Crippen LogP) is 2.32. The van der Waals surface area contributed by atoms with Gasteiger partial charge in [-0.3, -0.25) is 0 Å². The largest absolute Gasteiger partial charge is 0.501 e. The highest BCUT2D eigenvalue weighted by atomic mass is 16.5. The lowest BCUT2D eigenvalue weighted by Crippen LogP contribution is -2.16. The molecule has 0 radical (unpaired) electrons. The van der Waals surface area contributed by atoms with E-state index in [1.54, 1.807) is 0 Å². The first-order valence-electron chi connectivity index (χ1n) is 6.16. The molecule has 0 fully saturated rings. The number of hydrogen-bond donors (Lipinski definition) is 1. The normalized spacial score (nSPS) is 19.9. The molecule has 1 atom stereocenters. The fourth-order valence-electron chi connectivity index (χ4n) is 2.43. The molecule has 0 saturated carbocycles. The van der Waals surface area contributed by atoms with Crippen LogP contribution in [0.2, 0.25) is 0 Å². The van der Waals surface area contributed by atoms with Gasteiger partial charge in [-0.1, -0.05) is 12.1 Å². The van der Waals surface area contributed by atoms with Crippen LogP contribution < -0.4 is 10.5 Å². The van der Waals surface area contributed by atoms with Crippen LogP contribution in [-0.4, -0.2) is 13.2 Å². The Morgan fingerprint density at radius 1 is 1.18 bits per heavy atom. The molecule has 0 saturated heterocycles. The minimum atomic E-state index is -0.0406. The van der Waals surface area contributed by atoms with Crippen molar-refractivity contribution < 1.29 is 9.47 Å². The zero-order chi connectivity index (χ0) is 11.7. The van der Waals surface area contributed by atoms with E-state index in [-0.39, 0.29) is 6.04 Å². The van der Waals surface area contributed by atoms with E-state index in [1.165, 1.54) is 11.1 Å². The van der Waals surface area contributed by atoms with Crippen molar-refractivity contribution in [2.24, 2.45) is 5.73 Å². The molecule has 2 aliphatic rings. The average Bonchev–Trinajstić information content (AvgIpc) is 2.86. The van der Waals surface area contributed by atoms with Crippen LogP contribution in [0.25, 0.3) is 0 Å². The summed E-state index contributed by atoms with van der Waals surface area (Å²) in [5, 5.41) is 0. The van der Waals surface area contributed by atoms with Gasteiger partial charge in [0, 0.05) is 6.42 Å². The molecule has 1 aromatic rings. The van der Waals surface area contributed by atoms with Gasteiger partial charge in [-0.25, -0.2) is 0 Å². The van der Waals surface area contributed by atoms with Gasteiger partial charge in [0.15, 0.2) is 0 Å². The summed E-state index contributed by atoms with van der Waals surface area (Å²) < 4.78 is 10.8. The van der Waals surface area contributed by atoms with Crippen LogP contribution >= 0.6 is 0 Å². The predicted molar refractivity (Wildman–Crippen MR) is 65.8 cm³/mol. The molecule has 0 spiro atoms. The number of benzene rings is 1. The highest BCUT2D eigenvalue weighted by molar-refractivity contribution is 5.42. The van der Waals surface area contributed by atoms with Gasteiger partial charge in [-0.15, -0.1) is 0 Å². The van der Waals surface area contributed by atoms with Crippen LogP contribution in [0, 0.1) is 0 Å². The Kier molecular flexibility index (Phi) is 2.77. The van der Waals surface area contributed by atoms with E-state index in [2.05, 4.69) is 12.1 Å². The van der Waals surface area contributed by atoms with E-state index in [9.17, 15) is 0 Å². The quantitative estimate of drug-likeness (QED) is 0.849. The van der Waals surface area contributed by atoms with Crippen molar-refractivity contribution in [2.45, 2.75) is 25.3 Å². The first kappa shape index (κ1) is 10.7. The molecular weight excluding hydrogens is 214 g/mol. The zero-order valence-corrected chi connectivity index (χ0v) is 9.82. The van der Waals surface area contributed by atoms with Gasteiger partial charge in [-0.2, -0.15) is 0 Å². The molecule has 90 valence electrons. The van der Waals surface area contributed by atoms with Crippen molar-refractivity contribution in [3.63, 3.8) is 0 Å². The van der Waals surface area contributed by atoms with Gasteiger partial charge >= 0.3 is 0 Å². The van der Waals surface area contributed by atoms with Crippen LogP contribution in [0.3, 0.4) is 0 Å². The third kappa shape index (κ3) is 2.03. The van der Waals surface area contributed by atoms with Crippen LogP contribution in [0.15, 0.2) is 30.0 Å². The minimum Gasteiger partial charge on any atom is -0.501 e. The lowest BCUT2D eigenvalue weighted by atomic mass is 9.94. The van der Waals surface area contributed by atoms with Crippen LogP contribution in [-0.2, 0) is 11.2 Å². The summed E-state index contributed by atoms with van der Waals surface area (Å²) in [5.74, 6) is 1.01. The maximum Gasteiger partial charge on any atom is 0.122 e. The zero-order valence-electron chi connectivity index (χ0n) is 9.82. The molecule has 3 heteroatoms. The highest BCUT2D eigenvalue weighted by Gasteiger charge is 2.18. The summed E-state index contributed by atoms with van der Waals surface area (Å²) in [6.45, 7) is 1.61. The number of fused-ring (bicyclic) bond motifs is 1. The topological polar surface area (TPSA) is 44.5 Å². The molecule has 2 N–H and O–H groups in total. The molecule has 2 heterocycles. The summed E-state index contributed by atoms with van der Waals surface area (Å²) in [6, 6.07) is 6.22. The maximum absolute atomic E-state index is 6.27. The molecule has 0 aliphatic carbocycles. The van der Waals surface area contributed by atoms with Crippen LogP contribution in [0.4, 0.5) is 0 Å². The number of rotatable bonds is 2. The summed E-state index contributed by atoms with van der Waals surface area (Å²) in [7, 11) is 0. The summed E-state index contributed by atoms with van der Waals surface area (Å²) in [4.78, 5) is 0. The smallest absolute Gasteiger partial charge is 0.122 e. The van der Waals surface area contributed by atoms with Gasteiger partial charge in [0.2, 0.25) is 0 Å². The highest BCUT2D eigenvalue weighted by Crippen LogP contribution is 2.31. The standard InChI is InChI=1S/C14H17NO2/c15-14(12-2-1-6-16-9-12)11-3-4-13-10(8-11)5-7-17-13/h3-4,8-9,14H,1-2,5-7,15H2. The van der Waals surface area contributed by atoms with E-state index >= 15 is 0 Å². The average molecular weight is 231 g/mol. The molecule has 3 rings (SSSR count). The second-order valence-corrected chi connectivity index (χ2v) is 4.61. The summed E-state index contributed by atoms with van der Waals surface area (Å²) >= 11 is 0. The SMILES string of the molecule is NC(C1=COCCC1)c1ccc2c(c1)CCO2. The Morgan fingerprint density at radius 3 is 2.94 bits per heavy atom. The Morgan fingerprint density at radius 2 is 2.12 bits per heavy atom. The number of hydrogen-bond acceptors (Lipinski definition) is 3. The second kappa shape index (κ2) is 4.41. The fraction of sp³-hybridized carbons (Fsp3) is 0.429. The van der Waals surface area contributed by atoms with Crippen molar-refractivity contribution in [2.75, 3.05) is 13.2 Å². The van der Waals surface area contributed by atoms with Crippen molar-refractivity contribution in [3.05, 3.63) is 41.2 Å². The molecule has 17 heavy (non-hydrogen) atoms. The first-order chi connectivity index (χ1) is 8.34. The van der Waals surface area contributed by atoms with Crippen molar-refractivity contribution >= 4 is 0 Å². The van der Waals surface area contributed by atoms with E-state index in [0.717, 1.165) is 43.8 Å². The van der Waals surface area contributed by atoms with Crippen LogP contribution in [0.5, 0.6) is 5.75 Å². The fourth-order valence-corrected chi connectivity index (χ4v) is 2.43. The van der Waals surface area contributed by atoms with Crippen molar-refractivity contribution in [1.82, 2.24) is 0 Å². The molecule has 2 aliphatic heterocycles. The Balaban J connectivity index is 1.86. The van der Waals surface area contributed by atoms with Gasteiger partial charge in [0.25, 0.3) is 0 Å². The van der Waals surface area contributed by atoms with Crippen LogP contribution in [0.1, 0.15) is 30.0 Å². The molecular formula is C14H17NO2. The van der Waals surface area contributed by atoms with Crippen molar-refractivity contribution in [1.29, 1.82) is 0 Å². The van der Waals surface area contributed by atoms with E-state index < -0.39 is 0 Å². The van der Waals surface area contributed by atoms with Gasteiger partial charge in [0.1, 0.15) is 5.75 Å². The third-order valence-corrected chi connectivity index (χ3v) is 3.43. The molecule has 0 amide bonds. The maximum atomic E-state index is 6.27. The van der Waals surface area contributed by atoms with E-state index in [0.29, 0.717) is 0 Å². The monoisotopic (exact) mass is 231 g/mol. The van der Waals surface area contributed by atoms with E-state index in [1.807, 2.05) is 12.3 Å². The second-order valence-electron chi connectivity index (χ2n) is 4.61. The number of ether oxygens (including phenoxy) is 2. The summed E-state index contributed by atoms with van der Waals surface area (Å²) in [5.41, 5.74) is 9.90. The Hall–Kier alpha value is -1.48. The Labute approximate surface area is 101 Å². The molecule has 0 bridgehead atoms. The lowest BCUT2D eigenvalue weighted by Gasteiger charge is -2.20. The number of nitrogens with two attached hydrogens (primary N) is 1. The minimum absolute atomic E-state index is 0.0406. The van der Waals surface area contributed by atoms with E-state index in [4.69, 9.17) is 15.2 Å². The molecule has 0 aromatic heterocycles. The third-order valence-electron chi connectivity index (χ3n) is 3.43. The summed E-state index contributed by atoms with van der Waals surface area (Å²) in [6.07, 6.45) is 4.92. The van der Waals surface area contributed by atoms with Gasteiger partial charge < -0.3 is 15.2 Å².